The molecule has 3 aromatic rings. The molecule has 1 saturated heterocycles. The minimum Gasteiger partial charge on any atom is -0.350 e. The maximum Gasteiger partial charge on any atom is 0.274 e. The van der Waals surface area contributed by atoms with Crippen LogP contribution >= 0.6 is 27.5 Å². The molecule has 168 valence electrons. The van der Waals surface area contributed by atoms with E-state index in [-0.39, 0.29) is 16.7 Å². The standard InChI is InChI=1S/C21H22BrClFN7O/c1-28-7-9-29(10-8-28)20(32)16-11-13-12-30(5-2-6-31(13)27-16)19-14-3-4-15(22)17(24)18(14)25-21(23)26-19/h3-4,11H,2,5-10,12H2,1H3. The Morgan fingerprint density at radius 3 is 2.69 bits per heavy atom. The smallest absolute Gasteiger partial charge is 0.274 e. The average Bonchev–Trinajstić information content (AvgIpc) is 3.07. The molecular formula is C21H22BrClFN7O. The van der Waals surface area contributed by atoms with E-state index in [2.05, 4.69) is 42.9 Å². The number of halogens is 3. The van der Waals surface area contributed by atoms with Crippen LogP contribution in [0.4, 0.5) is 10.2 Å². The second-order valence-electron chi connectivity index (χ2n) is 8.19. The molecule has 0 aliphatic carbocycles. The topological polar surface area (TPSA) is 70.4 Å². The quantitative estimate of drug-likeness (QED) is 0.482. The molecule has 8 nitrogen and oxygen atoms in total. The van der Waals surface area contributed by atoms with Crippen LogP contribution in [0.15, 0.2) is 22.7 Å². The van der Waals surface area contributed by atoms with E-state index in [1.807, 2.05) is 20.5 Å². The number of fused-ring (bicyclic) bond motifs is 2. The van der Waals surface area contributed by atoms with Gasteiger partial charge in [0.15, 0.2) is 11.5 Å². The lowest BCUT2D eigenvalue weighted by molar-refractivity contribution is 0.0657. The molecule has 2 aliphatic heterocycles. The van der Waals surface area contributed by atoms with Crippen molar-refractivity contribution in [1.29, 1.82) is 0 Å². The van der Waals surface area contributed by atoms with Gasteiger partial charge in [-0.15, -0.1) is 0 Å². The van der Waals surface area contributed by atoms with Crippen LogP contribution in [-0.4, -0.2) is 75.2 Å². The van der Waals surface area contributed by atoms with E-state index in [4.69, 9.17) is 11.6 Å². The number of nitrogens with zero attached hydrogens (tertiary/aromatic N) is 7. The van der Waals surface area contributed by atoms with Crippen molar-refractivity contribution in [3.63, 3.8) is 0 Å². The Labute approximate surface area is 198 Å². The maximum atomic E-state index is 14.7. The van der Waals surface area contributed by atoms with Gasteiger partial charge in [0.2, 0.25) is 5.28 Å². The molecule has 5 rings (SSSR count). The number of anilines is 1. The number of aryl methyl sites for hydroxylation is 1. The van der Waals surface area contributed by atoms with Gasteiger partial charge < -0.3 is 14.7 Å². The van der Waals surface area contributed by atoms with Crippen LogP contribution in [-0.2, 0) is 13.1 Å². The van der Waals surface area contributed by atoms with Crippen molar-refractivity contribution in [2.45, 2.75) is 19.5 Å². The molecule has 0 atom stereocenters. The largest absolute Gasteiger partial charge is 0.350 e. The molecule has 0 saturated carbocycles. The first-order valence-corrected chi connectivity index (χ1v) is 11.7. The summed E-state index contributed by atoms with van der Waals surface area (Å²) in [7, 11) is 2.06. The molecule has 11 heteroatoms. The number of carbonyl (C=O) groups excluding carboxylic acids is 1. The highest BCUT2D eigenvalue weighted by molar-refractivity contribution is 9.10. The Kier molecular flexibility index (Phi) is 5.77. The summed E-state index contributed by atoms with van der Waals surface area (Å²) >= 11 is 9.35. The second kappa shape index (κ2) is 8.57. The lowest BCUT2D eigenvalue weighted by atomic mass is 10.2. The molecule has 0 spiro atoms. The second-order valence-corrected chi connectivity index (χ2v) is 9.38. The molecule has 1 amide bonds. The number of carbonyl (C=O) groups is 1. The summed E-state index contributed by atoms with van der Waals surface area (Å²) in [5.74, 6) is 0.0774. The highest BCUT2D eigenvalue weighted by Crippen LogP contribution is 2.32. The molecule has 1 fully saturated rings. The van der Waals surface area contributed by atoms with Crippen molar-refractivity contribution >= 4 is 50.2 Å². The number of hydrogen-bond acceptors (Lipinski definition) is 6. The molecule has 0 unspecified atom stereocenters. The monoisotopic (exact) mass is 521 g/mol. The summed E-state index contributed by atoms with van der Waals surface area (Å²) in [5, 5.41) is 5.19. The number of hydrogen-bond donors (Lipinski definition) is 0. The highest BCUT2D eigenvalue weighted by atomic mass is 79.9. The molecular weight excluding hydrogens is 501 g/mol. The Morgan fingerprint density at radius 2 is 1.91 bits per heavy atom. The van der Waals surface area contributed by atoms with E-state index < -0.39 is 5.82 Å². The number of benzene rings is 1. The highest BCUT2D eigenvalue weighted by Gasteiger charge is 2.26. The van der Waals surface area contributed by atoms with Gasteiger partial charge in [-0.05, 0) is 59.2 Å². The van der Waals surface area contributed by atoms with Gasteiger partial charge in [-0.1, -0.05) is 0 Å². The predicted molar refractivity (Wildman–Crippen MR) is 124 cm³/mol. The minimum absolute atomic E-state index is 0.00631. The van der Waals surface area contributed by atoms with Gasteiger partial charge in [0.05, 0.1) is 16.7 Å². The van der Waals surface area contributed by atoms with E-state index in [0.717, 1.165) is 25.2 Å². The lowest BCUT2D eigenvalue weighted by Crippen LogP contribution is -2.47. The Bertz CT molecular complexity index is 1190. The number of piperazine rings is 1. The van der Waals surface area contributed by atoms with Crippen LogP contribution in [0.1, 0.15) is 22.6 Å². The van der Waals surface area contributed by atoms with E-state index >= 15 is 0 Å². The summed E-state index contributed by atoms with van der Waals surface area (Å²) < 4.78 is 16.9. The normalized spacial score (nSPS) is 17.5. The van der Waals surface area contributed by atoms with Crippen LogP contribution in [0.5, 0.6) is 0 Å². The summed E-state index contributed by atoms with van der Waals surface area (Å²) in [4.78, 5) is 27.6. The summed E-state index contributed by atoms with van der Waals surface area (Å²) in [5.41, 5.74) is 1.56. The third kappa shape index (κ3) is 3.95. The number of amides is 1. The average molecular weight is 523 g/mol. The zero-order chi connectivity index (χ0) is 22.4. The first-order chi connectivity index (χ1) is 15.4. The van der Waals surface area contributed by atoms with Crippen molar-refractivity contribution in [2.75, 3.05) is 44.7 Å². The van der Waals surface area contributed by atoms with Gasteiger partial charge in [-0.2, -0.15) is 10.1 Å². The Hall–Kier alpha value is -2.30. The van der Waals surface area contributed by atoms with Gasteiger partial charge >= 0.3 is 0 Å². The first-order valence-electron chi connectivity index (χ1n) is 10.5. The van der Waals surface area contributed by atoms with E-state index in [9.17, 15) is 9.18 Å². The van der Waals surface area contributed by atoms with Gasteiger partial charge in [-0.25, -0.2) is 9.37 Å². The van der Waals surface area contributed by atoms with Crippen LogP contribution in [0.2, 0.25) is 5.28 Å². The van der Waals surface area contributed by atoms with Gasteiger partial charge in [0.25, 0.3) is 5.91 Å². The zero-order valence-corrected chi connectivity index (χ0v) is 19.9. The summed E-state index contributed by atoms with van der Waals surface area (Å²) in [6.45, 7) is 5.02. The molecule has 0 N–H and O–H groups in total. The first kappa shape index (κ1) is 21.5. The Balaban J connectivity index is 1.46. The van der Waals surface area contributed by atoms with Crippen LogP contribution < -0.4 is 4.90 Å². The van der Waals surface area contributed by atoms with E-state index in [1.165, 1.54) is 0 Å². The van der Waals surface area contributed by atoms with Crippen molar-refractivity contribution in [3.8, 4) is 0 Å². The van der Waals surface area contributed by atoms with Crippen LogP contribution in [0.3, 0.4) is 0 Å². The third-order valence-electron chi connectivity index (χ3n) is 6.04. The van der Waals surface area contributed by atoms with Crippen LogP contribution in [0.25, 0.3) is 10.9 Å². The maximum absolute atomic E-state index is 14.7. The predicted octanol–water partition coefficient (Wildman–Crippen LogP) is 3.18. The molecule has 2 aromatic heterocycles. The Morgan fingerprint density at radius 1 is 1.12 bits per heavy atom. The van der Waals surface area contributed by atoms with Crippen molar-refractivity contribution < 1.29 is 9.18 Å². The van der Waals surface area contributed by atoms with Crippen molar-refractivity contribution in [3.05, 3.63) is 45.2 Å². The van der Waals surface area contributed by atoms with Gasteiger partial charge in [-0.3, -0.25) is 9.48 Å². The number of aromatic nitrogens is 4. The molecule has 2 aliphatic rings. The van der Waals surface area contributed by atoms with E-state index in [1.54, 1.807) is 12.1 Å². The van der Waals surface area contributed by atoms with Gasteiger partial charge in [0.1, 0.15) is 11.3 Å². The van der Waals surface area contributed by atoms with Crippen molar-refractivity contribution in [2.24, 2.45) is 0 Å². The fraction of sp³-hybridized carbons (Fsp3) is 0.429. The molecule has 0 radical (unpaired) electrons. The van der Waals surface area contributed by atoms with E-state index in [0.29, 0.717) is 54.1 Å². The van der Waals surface area contributed by atoms with Crippen molar-refractivity contribution in [1.82, 2.24) is 29.5 Å². The zero-order valence-electron chi connectivity index (χ0n) is 17.6. The number of rotatable bonds is 2. The SMILES string of the molecule is CN1CCN(C(=O)c2cc3n(n2)CCCN(c2nc(Cl)nc4c(F)c(Br)ccc24)C3)CC1. The lowest BCUT2D eigenvalue weighted by Gasteiger charge is -2.31. The van der Waals surface area contributed by atoms with Crippen LogP contribution in [0, 0.1) is 5.82 Å². The molecule has 0 bridgehead atoms. The molecule has 4 heterocycles. The number of likely N-dealkylation sites (N-methyl/N-ethyl adjacent to an activating group) is 1. The fourth-order valence-electron chi connectivity index (χ4n) is 4.25. The summed E-state index contributed by atoms with van der Waals surface area (Å²) in [6.07, 6.45) is 0.805. The van der Waals surface area contributed by atoms with Gasteiger partial charge in [0, 0.05) is 44.7 Å². The fourth-order valence-corrected chi connectivity index (χ4v) is 4.74. The third-order valence-corrected chi connectivity index (χ3v) is 6.82. The summed E-state index contributed by atoms with van der Waals surface area (Å²) in [6, 6.07) is 5.30. The molecule has 1 aromatic carbocycles. The molecule has 32 heavy (non-hydrogen) atoms. The minimum atomic E-state index is -0.465.